The second-order valence-electron chi connectivity index (χ2n) is 12.5. The fourth-order valence-electron chi connectivity index (χ4n) is 8.34. The molecule has 5 heteroatoms. The number of nitrogens with one attached hydrogen (secondary N) is 3. The molecule has 5 fully saturated rings. The second-order valence-corrected chi connectivity index (χ2v) is 12.5. The van der Waals surface area contributed by atoms with Crippen LogP contribution in [0, 0.1) is 23.7 Å². The molecule has 5 nitrogen and oxygen atoms in total. The van der Waals surface area contributed by atoms with Gasteiger partial charge in [0.15, 0.2) is 0 Å². The summed E-state index contributed by atoms with van der Waals surface area (Å²) < 4.78 is 0. The third-order valence-electron chi connectivity index (χ3n) is 9.74. The minimum atomic E-state index is 0.0236. The van der Waals surface area contributed by atoms with Gasteiger partial charge in [-0.3, -0.25) is 9.59 Å². The highest BCUT2D eigenvalue weighted by Crippen LogP contribution is 2.55. The van der Waals surface area contributed by atoms with Crippen molar-refractivity contribution in [2.45, 2.75) is 76.2 Å². The molecular formula is C32H37N3O2. The Hall–Kier alpha value is -3.08. The first-order valence-corrected chi connectivity index (χ1v) is 14.4. The summed E-state index contributed by atoms with van der Waals surface area (Å²) in [6, 6.07) is 16.2. The molecule has 37 heavy (non-hydrogen) atoms. The van der Waals surface area contributed by atoms with Crippen LogP contribution in [-0.2, 0) is 4.79 Å². The number of fused-ring (bicyclic) bond motifs is 1. The number of hydrogen-bond acceptors (Lipinski definition) is 2. The molecule has 5 aliphatic carbocycles. The maximum absolute atomic E-state index is 13.3. The molecule has 2 amide bonds. The summed E-state index contributed by atoms with van der Waals surface area (Å²) in [5.74, 6) is 2.80. The lowest BCUT2D eigenvalue weighted by Gasteiger charge is -2.56. The molecule has 1 aromatic heterocycles. The third kappa shape index (κ3) is 4.47. The van der Waals surface area contributed by atoms with Crippen LogP contribution in [0.5, 0.6) is 0 Å². The first-order chi connectivity index (χ1) is 18.0. The zero-order chi connectivity index (χ0) is 25.0. The first kappa shape index (κ1) is 23.1. The van der Waals surface area contributed by atoms with Crippen LogP contribution in [0.4, 0.5) is 5.69 Å². The molecule has 0 unspecified atom stereocenters. The molecule has 0 radical (unpaired) electrons. The van der Waals surface area contributed by atoms with Crippen LogP contribution in [0.3, 0.4) is 0 Å². The van der Waals surface area contributed by atoms with Gasteiger partial charge in [-0.2, -0.15) is 0 Å². The Morgan fingerprint density at radius 3 is 2.16 bits per heavy atom. The number of carbonyl (C=O) groups is 2. The number of aromatic nitrogens is 1. The number of benzene rings is 2. The highest BCUT2D eigenvalue weighted by molar-refractivity contribution is 5.99. The van der Waals surface area contributed by atoms with E-state index in [1.165, 1.54) is 25.7 Å². The van der Waals surface area contributed by atoms with E-state index in [9.17, 15) is 9.59 Å². The normalized spacial score (nSPS) is 28.9. The standard InChI is InChI=1S/C32H37N3O2/c36-30(24-4-2-1-3-5-24)33-27-10-8-23(9-11-27)28-15-25-6-7-26(16-29(25)34-28)31(37)35-32-17-20-12-21(18-32)14-22(13-20)19-32/h6-11,15-16,20-22,24,34H,1-5,12-14,17-19H2,(H,33,36)(H,35,37). The zero-order valence-electron chi connectivity index (χ0n) is 21.5. The lowest BCUT2D eigenvalue weighted by Crippen LogP contribution is -2.59. The fourth-order valence-corrected chi connectivity index (χ4v) is 8.34. The summed E-state index contributed by atoms with van der Waals surface area (Å²) in [5, 5.41) is 7.69. The van der Waals surface area contributed by atoms with E-state index in [-0.39, 0.29) is 23.3 Å². The van der Waals surface area contributed by atoms with Crippen LogP contribution in [0.25, 0.3) is 22.2 Å². The van der Waals surface area contributed by atoms with E-state index in [1.54, 1.807) is 0 Å². The Morgan fingerprint density at radius 1 is 0.811 bits per heavy atom. The number of amides is 2. The van der Waals surface area contributed by atoms with Crippen LogP contribution in [0.1, 0.15) is 81.0 Å². The van der Waals surface area contributed by atoms with E-state index in [1.807, 2.05) is 42.5 Å². The largest absolute Gasteiger partial charge is 0.355 e. The second kappa shape index (κ2) is 9.04. The molecule has 4 bridgehead atoms. The molecule has 8 rings (SSSR count). The molecule has 5 aliphatic rings. The maximum atomic E-state index is 13.3. The predicted octanol–water partition coefficient (Wildman–Crippen LogP) is 7.05. The minimum absolute atomic E-state index is 0.0236. The van der Waals surface area contributed by atoms with Gasteiger partial charge in [0.05, 0.1) is 0 Å². The van der Waals surface area contributed by atoms with Crippen molar-refractivity contribution >= 4 is 28.4 Å². The molecule has 2 aromatic carbocycles. The van der Waals surface area contributed by atoms with E-state index in [0.29, 0.717) is 0 Å². The van der Waals surface area contributed by atoms with Gasteiger partial charge >= 0.3 is 0 Å². The first-order valence-electron chi connectivity index (χ1n) is 14.4. The van der Waals surface area contributed by atoms with Crippen molar-refractivity contribution in [2.24, 2.45) is 23.7 Å². The lowest BCUT2D eigenvalue weighted by molar-refractivity contribution is -0.120. The van der Waals surface area contributed by atoms with E-state index >= 15 is 0 Å². The average Bonchev–Trinajstić information content (AvgIpc) is 3.32. The van der Waals surface area contributed by atoms with Gasteiger partial charge in [0.25, 0.3) is 5.91 Å². The predicted molar refractivity (Wildman–Crippen MR) is 147 cm³/mol. The lowest BCUT2D eigenvalue weighted by atomic mass is 9.53. The highest BCUT2D eigenvalue weighted by Gasteiger charge is 2.51. The van der Waals surface area contributed by atoms with Crippen molar-refractivity contribution in [3.05, 3.63) is 54.1 Å². The smallest absolute Gasteiger partial charge is 0.251 e. The molecule has 0 aliphatic heterocycles. The molecule has 0 atom stereocenters. The number of aromatic amines is 1. The molecule has 192 valence electrons. The maximum Gasteiger partial charge on any atom is 0.251 e. The number of H-pyrrole nitrogens is 1. The summed E-state index contributed by atoms with van der Waals surface area (Å²) in [6.45, 7) is 0. The molecule has 3 aromatic rings. The van der Waals surface area contributed by atoms with Crippen molar-refractivity contribution in [1.82, 2.24) is 10.3 Å². The Bertz CT molecular complexity index is 1300. The summed E-state index contributed by atoms with van der Waals surface area (Å²) in [5.41, 5.74) is 4.65. The van der Waals surface area contributed by atoms with Gasteiger partial charge in [0.1, 0.15) is 0 Å². The number of hydrogen-bond donors (Lipinski definition) is 3. The molecule has 1 heterocycles. The molecule has 0 saturated heterocycles. The topological polar surface area (TPSA) is 74.0 Å². The van der Waals surface area contributed by atoms with Crippen LogP contribution >= 0.6 is 0 Å². The monoisotopic (exact) mass is 495 g/mol. The molecule has 3 N–H and O–H groups in total. The Balaban J connectivity index is 1.05. The summed E-state index contributed by atoms with van der Waals surface area (Å²) in [7, 11) is 0. The van der Waals surface area contributed by atoms with Gasteiger partial charge in [-0.1, -0.05) is 37.5 Å². The third-order valence-corrected chi connectivity index (χ3v) is 9.74. The van der Waals surface area contributed by atoms with Crippen molar-refractivity contribution < 1.29 is 9.59 Å². The van der Waals surface area contributed by atoms with Gasteiger partial charge in [0, 0.05) is 39.3 Å². The van der Waals surface area contributed by atoms with Crippen molar-refractivity contribution in [1.29, 1.82) is 0 Å². The molecule has 0 spiro atoms. The summed E-state index contributed by atoms with van der Waals surface area (Å²) in [4.78, 5) is 29.4. The Morgan fingerprint density at radius 2 is 1.49 bits per heavy atom. The Kier molecular flexibility index (Phi) is 5.63. The van der Waals surface area contributed by atoms with E-state index in [0.717, 1.165) is 96.1 Å². The van der Waals surface area contributed by atoms with Gasteiger partial charge in [-0.05, 0) is 105 Å². The van der Waals surface area contributed by atoms with E-state index in [2.05, 4.69) is 21.7 Å². The van der Waals surface area contributed by atoms with Gasteiger partial charge in [-0.25, -0.2) is 0 Å². The minimum Gasteiger partial charge on any atom is -0.355 e. The Labute approximate surface area is 218 Å². The van der Waals surface area contributed by atoms with Crippen LogP contribution < -0.4 is 10.6 Å². The number of rotatable bonds is 5. The van der Waals surface area contributed by atoms with Crippen molar-refractivity contribution in [3.63, 3.8) is 0 Å². The van der Waals surface area contributed by atoms with Crippen LogP contribution in [0.15, 0.2) is 48.5 Å². The van der Waals surface area contributed by atoms with E-state index < -0.39 is 0 Å². The number of carbonyl (C=O) groups excluding carboxylic acids is 2. The van der Waals surface area contributed by atoms with Gasteiger partial charge in [-0.15, -0.1) is 0 Å². The quantitative estimate of drug-likeness (QED) is 0.355. The zero-order valence-corrected chi connectivity index (χ0v) is 21.5. The fraction of sp³-hybridized carbons (Fsp3) is 0.500. The van der Waals surface area contributed by atoms with Crippen LogP contribution in [-0.4, -0.2) is 22.3 Å². The average molecular weight is 496 g/mol. The molecular weight excluding hydrogens is 458 g/mol. The van der Waals surface area contributed by atoms with Crippen molar-refractivity contribution in [2.75, 3.05) is 5.32 Å². The summed E-state index contributed by atoms with van der Waals surface area (Å²) in [6.07, 6.45) is 13.2. The van der Waals surface area contributed by atoms with E-state index in [4.69, 9.17) is 0 Å². The highest BCUT2D eigenvalue weighted by atomic mass is 16.2. The number of anilines is 1. The molecule has 5 saturated carbocycles. The van der Waals surface area contributed by atoms with Gasteiger partial charge < -0.3 is 15.6 Å². The summed E-state index contributed by atoms with van der Waals surface area (Å²) >= 11 is 0. The van der Waals surface area contributed by atoms with Crippen LogP contribution in [0.2, 0.25) is 0 Å². The van der Waals surface area contributed by atoms with Crippen molar-refractivity contribution in [3.8, 4) is 11.3 Å². The van der Waals surface area contributed by atoms with Gasteiger partial charge in [0.2, 0.25) is 5.91 Å². The SMILES string of the molecule is O=C(NC12CC3CC(CC(C3)C1)C2)c1ccc2cc(-c3ccc(NC(=O)C4CCCCC4)cc3)[nH]c2c1.